The maximum Gasteiger partial charge on any atom is 0.326 e. The molecular weight excluding hydrogens is 1160 g/mol. The standard InChI is InChI=1S/C62H88N14O14/c1-7-36(6)52(59(86)68-42(29-39-31-65-33-67-39)54(81)71-45(62(89)90)30-49(64)78)73-57(84)47-17-11-23-74(47)50(79)32-66-55(82)46-16-12-24-75(46)60(87)43(27-37-14-9-8-10-15-37)69-56(83)48-18-13-25-76(48)61(88)44(28-38-19-21-40(77)22-20-38)70-58(85)51(35(4)5)72-53(80)41(63)26-34(2)3/h8-10,14-15,19-22,31,33-36,41-48,51-52,77H,7,11-13,16-18,23-30,32,63H2,1-6H3,(H2,64,78)(H,65,67)(H,66,82)(H,68,86)(H,69,83)(H,70,85)(H,71,81)(H,72,80)(H,73,84)(H,89,90)/t36-,41-,42-,43-,44-,45-,46-,47-,48-,51-,52-/m0/s1. The minimum absolute atomic E-state index is 0.00274. The summed E-state index contributed by atoms with van der Waals surface area (Å²) in [6.07, 6.45) is 4.38. The van der Waals surface area contributed by atoms with Crippen molar-refractivity contribution >= 4 is 70.9 Å². The molecule has 11 amide bonds. The van der Waals surface area contributed by atoms with Crippen molar-refractivity contribution in [1.82, 2.24) is 61.9 Å². The second-order valence-corrected chi connectivity index (χ2v) is 24.3. The van der Waals surface area contributed by atoms with Gasteiger partial charge in [0, 0.05) is 50.8 Å². The van der Waals surface area contributed by atoms with Gasteiger partial charge in [-0.2, -0.15) is 0 Å². The molecule has 3 saturated heterocycles. The number of nitrogens with two attached hydrogens (primary N) is 2. The Hall–Kier alpha value is -8.95. The molecule has 0 aliphatic carbocycles. The van der Waals surface area contributed by atoms with Crippen LogP contribution in [-0.2, 0) is 76.8 Å². The van der Waals surface area contributed by atoms with Crippen LogP contribution in [0.2, 0.25) is 0 Å². The van der Waals surface area contributed by atoms with Crippen molar-refractivity contribution in [3.8, 4) is 5.75 Å². The third-order valence-corrected chi connectivity index (χ3v) is 16.6. The first kappa shape index (κ1) is 70.1. The van der Waals surface area contributed by atoms with Crippen LogP contribution >= 0.6 is 0 Å². The van der Waals surface area contributed by atoms with E-state index < -0.39 is 156 Å². The third-order valence-electron chi connectivity index (χ3n) is 16.6. The van der Waals surface area contributed by atoms with E-state index in [4.69, 9.17) is 11.5 Å². The fourth-order valence-corrected chi connectivity index (χ4v) is 11.5. The zero-order chi connectivity index (χ0) is 65.9. The first-order chi connectivity index (χ1) is 42.8. The topological polar surface area (TPSA) is 420 Å². The van der Waals surface area contributed by atoms with Gasteiger partial charge < -0.3 is 78.6 Å². The summed E-state index contributed by atoms with van der Waals surface area (Å²) in [6.45, 7) is 10.6. The third kappa shape index (κ3) is 19.5. The fraction of sp³-hybridized carbons (Fsp3) is 0.565. The number of aromatic amines is 1. The Bertz CT molecular complexity index is 3020. The minimum Gasteiger partial charge on any atom is -0.508 e. The van der Waals surface area contributed by atoms with E-state index in [-0.39, 0.29) is 69.8 Å². The van der Waals surface area contributed by atoms with Crippen molar-refractivity contribution in [2.45, 2.75) is 179 Å². The van der Waals surface area contributed by atoms with Crippen LogP contribution in [0.3, 0.4) is 0 Å². The molecule has 4 heterocycles. The second kappa shape index (κ2) is 33.0. The molecule has 28 nitrogen and oxygen atoms in total. The molecule has 6 rings (SSSR count). The van der Waals surface area contributed by atoms with Gasteiger partial charge in [0.05, 0.1) is 25.3 Å². The highest BCUT2D eigenvalue weighted by atomic mass is 16.4. The number of carbonyl (C=O) groups is 12. The van der Waals surface area contributed by atoms with Crippen LogP contribution in [0.5, 0.6) is 5.75 Å². The number of benzene rings is 2. The number of carboxylic acids is 1. The van der Waals surface area contributed by atoms with E-state index in [9.17, 15) is 67.7 Å². The maximum atomic E-state index is 14.9. The number of likely N-dealkylation sites (tertiary alicyclic amines) is 3. The van der Waals surface area contributed by atoms with Gasteiger partial charge in [0.25, 0.3) is 0 Å². The van der Waals surface area contributed by atoms with Crippen molar-refractivity contribution in [1.29, 1.82) is 0 Å². The zero-order valence-corrected chi connectivity index (χ0v) is 51.9. The van der Waals surface area contributed by atoms with Gasteiger partial charge in [-0.05, 0) is 86.0 Å². The average Bonchev–Trinajstić information content (AvgIpc) is 3.79. The summed E-state index contributed by atoms with van der Waals surface area (Å²) in [4.78, 5) is 176. The summed E-state index contributed by atoms with van der Waals surface area (Å²) in [5.74, 6) is -10.1. The lowest BCUT2D eigenvalue weighted by Crippen LogP contribution is -2.60. The van der Waals surface area contributed by atoms with E-state index in [0.29, 0.717) is 48.9 Å². The summed E-state index contributed by atoms with van der Waals surface area (Å²) in [6, 6.07) is 2.95. The van der Waals surface area contributed by atoms with E-state index >= 15 is 0 Å². The van der Waals surface area contributed by atoms with Gasteiger partial charge in [-0.1, -0.05) is 90.4 Å². The van der Waals surface area contributed by atoms with Gasteiger partial charge in [0.2, 0.25) is 65.0 Å². The second-order valence-electron chi connectivity index (χ2n) is 24.3. The Kier molecular flexibility index (Phi) is 25.7. The van der Waals surface area contributed by atoms with Crippen LogP contribution < -0.4 is 48.7 Å². The lowest BCUT2D eigenvalue weighted by Gasteiger charge is -2.32. The molecule has 3 aliphatic heterocycles. The Labute approximate surface area is 522 Å². The number of aliphatic carboxylic acids is 1. The number of carboxylic acid groups (broad SMARTS) is 1. The molecular formula is C62H88N14O14. The van der Waals surface area contributed by atoms with E-state index in [1.165, 1.54) is 39.4 Å². The SMILES string of the molecule is CC[C@H](C)[C@H](NC(=O)[C@@H]1CCCN1C(=O)CNC(=O)[C@@H]1CCCN1C(=O)[C@H](Cc1ccccc1)NC(=O)[C@@H]1CCCN1C(=O)[C@H](Cc1ccc(O)cc1)NC(=O)[C@@H](NC(=O)[C@@H](N)CC(C)C)C(C)C)C(=O)N[C@@H](Cc1cnc[nH]1)C(=O)N[C@@H](CC(N)=O)C(=O)O. The average molecular weight is 1250 g/mol. The Morgan fingerprint density at radius 1 is 0.611 bits per heavy atom. The molecule has 0 spiro atoms. The molecule has 2 aromatic carbocycles. The smallest absolute Gasteiger partial charge is 0.326 e. The molecule has 0 saturated carbocycles. The van der Waals surface area contributed by atoms with Gasteiger partial charge in [-0.3, -0.25) is 52.7 Å². The number of aromatic nitrogens is 2. The molecule has 0 unspecified atom stereocenters. The number of nitrogens with zero attached hydrogens (tertiary/aromatic N) is 4. The van der Waals surface area contributed by atoms with Gasteiger partial charge in [0.15, 0.2) is 0 Å². The number of phenols is 1. The van der Waals surface area contributed by atoms with Gasteiger partial charge in [-0.15, -0.1) is 0 Å². The van der Waals surface area contributed by atoms with Crippen LogP contribution in [0.1, 0.15) is 116 Å². The lowest BCUT2D eigenvalue weighted by atomic mass is 9.97. The number of carbonyl (C=O) groups excluding carboxylic acids is 11. The molecule has 490 valence electrons. The Morgan fingerprint density at radius 2 is 1.13 bits per heavy atom. The predicted octanol–water partition coefficient (Wildman–Crippen LogP) is -0.823. The number of rotatable bonds is 31. The molecule has 90 heavy (non-hydrogen) atoms. The summed E-state index contributed by atoms with van der Waals surface area (Å²) in [7, 11) is 0. The lowest BCUT2D eigenvalue weighted by molar-refractivity contribution is -0.144. The van der Waals surface area contributed by atoms with Gasteiger partial charge >= 0.3 is 5.97 Å². The molecule has 3 fully saturated rings. The number of amides is 11. The Balaban J connectivity index is 1.12. The minimum atomic E-state index is -1.70. The van der Waals surface area contributed by atoms with Crippen molar-refractivity contribution in [2.24, 2.45) is 29.2 Å². The predicted molar refractivity (Wildman–Crippen MR) is 326 cm³/mol. The molecule has 28 heteroatoms. The monoisotopic (exact) mass is 1250 g/mol. The van der Waals surface area contributed by atoms with Crippen molar-refractivity contribution < 1.29 is 67.7 Å². The summed E-state index contributed by atoms with van der Waals surface area (Å²) in [5.41, 5.74) is 13.0. The van der Waals surface area contributed by atoms with E-state index in [1.54, 1.807) is 70.2 Å². The first-order valence-corrected chi connectivity index (χ1v) is 30.8. The number of imidazole rings is 1. The first-order valence-electron chi connectivity index (χ1n) is 30.8. The molecule has 11 atom stereocenters. The molecule has 14 N–H and O–H groups in total. The van der Waals surface area contributed by atoms with Gasteiger partial charge in [0.1, 0.15) is 60.1 Å². The van der Waals surface area contributed by atoms with Crippen molar-refractivity contribution in [3.05, 3.63) is 83.9 Å². The number of aromatic hydroxyl groups is 1. The molecule has 0 radical (unpaired) electrons. The highest BCUT2D eigenvalue weighted by Gasteiger charge is 2.44. The fourth-order valence-electron chi connectivity index (χ4n) is 11.5. The van der Waals surface area contributed by atoms with Crippen LogP contribution in [0, 0.1) is 17.8 Å². The number of hydrogen-bond acceptors (Lipinski definition) is 15. The highest BCUT2D eigenvalue weighted by molar-refractivity contribution is 5.99. The van der Waals surface area contributed by atoms with E-state index in [2.05, 4.69) is 47.2 Å². The molecule has 3 aliphatic rings. The van der Waals surface area contributed by atoms with Crippen LogP contribution in [0.25, 0.3) is 0 Å². The van der Waals surface area contributed by atoms with E-state index in [0.717, 1.165) is 0 Å². The quantitative estimate of drug-likeness (QED) is 0.0374. The van der Waals surface area contributed by atoms with Crippen LogP contribution in [-0.4, -0.2) is 192 Å². The summed E-state index contributed by atoms with van der Waals surface area (Å²) in [5, 5.41) is 38.4. The molecule has 3 aromatic rings. The number of hydrogen-bond donors (Lipinski definition) is 12. The number of H-pyrrole nitrogens is 1. The molecule has 0 bridgehead atoms. The maximum absolute atomic E-state index is 14.9. The zero-order valence-electron chi connectivity index (χ0n) is 51.9. The Morgan fingerprint density at radius 3 is 1.68 bits per heavy atom. The normalized spacial score (nSPS) is 19.1. The summed E-state index contributed by atoms with van der Waals surface area (Å²) >= 11 is 0. The number of primary amides is 1. The molecule has 1 aromatic heterocycles. The van der Waals surface area contributed by atoms with Crippen LogP contribution in [0.4, 0.5) is 0 Å². The summed E-state index contributed by atoms with van der Waals surface area (Å²) < 4.78 is 0. The number of phenolic OH excluding ortho intramolecular Hbond substituents is 1. The van der Waals surface area contributed by atoms with Crippen molar-refractivity contribution in [2.75, 3.05) is 26.2 Å². The van der Waals surface area contributed by atoms with Gasteiger partial charge in [-0.25, -0.2) is 9.78 Å². The number of nitrogens with one attached hydrogen (secondary N) is 8. The largest absolute Gasteiger partial charge is 0.508 e. The highest BCUT2D eigenvalue weighted by Crippen LogP contribution is 2.25. The van der Waals surface area contributed by atoms with Crippen molar-refractivity contribution in [3.63, 3.8) is 0 Å². The van der Waals surface area contributed by atoms with Crippen LogP contribution in [0.15, 0.2) is 67.1 Å². The van der Waals surface area contributed by atoms with E-state index in [1.807, 2.05) is 13.8 Å².